The summed E-state index contributed by atoms with van der Waals surface area (Å²) in [6, 6.07) is 5.14. The minimum atomic E-state index is -0.851. The highest BCUT2D eigenvalue weighted by Crippen LogP contribution is 2.35. The molecule has 100 valence electrons. The van der Waals surface area contributed by atoms with Crippen LogP contribution in [0, 0.1) is 11.8 Å². The summed E-state index contributed by atoms with van der Waals surface area (Å²) in [6.07, 6.45) is 0. The van der Waals surface area contributed by atoms with Gasteiger partial charge in [-0.25, -0.2) is 0 Å². The van der Waals surface area contributed by atoms with Gasteiger partial charge in [0.1, 0.15) is 5.75 Å². The van der Waals surface area contributed by atoms with Crippen molar-refractivity contribution in [1.29, 1.82) is 0 Å². The molecule has 3 N–H and O–H groups in total. The Morgan fingerprint density at radius 2 is 1.94 bits per heavy atom. The molecular weight excluding hydrogens is 230 g/mol. The summed E-state index contributed by atoms with van der Waals surface area (Å²) in [5, 5.41) is 9.44. The number of carboxylic acid groups (broad SMARTS) is 1. The van der Waals surface area contributed by atoms with E-state index in [-0.39, 0.29) is 11.8 Å². The Labute approximate surface area is 108 Å². The Kier molecular flexibility index (Phi) is 4.59. The number of hydrogen-bond donors (Lipinski definition) is 2. The number of carbonyl (C=O) groups is 1. The van der Waals surface area contributed by atoms with Crippen molar-refractivity contribution in [2.75, 3.05) is 12.8 Å². The Balaban J connectivity index is 3.25. The highest BCUT2D eigenvalue weighted by Gasteiger charge is 2.30. The van der Waals surface area contributed by atoms with E-state index in [4.69, 9.17) is 10.5 Å². The summed E-state index contributed by atoms with van der Waals surface area (Å²) in [6.45, 7) is 5.95. The van der Waals surface area contributed by atoms with Gasteiger partial charge in [-0.3, -0.25) is 4.79 Å². The van der Waals surface area contributed by atoms with Crippen LogP contribution in [0.25, 0.3) is 0 Å². The lowest BCUT2D eigenvalue weighted by atomic mass is 9.80. The lowest BCUT2D eigenvalue weighted by molar-refractivity contribution is -0.140. The monoisotopic (exact) mass is 251 g/mol. The van der Waals surface area contributed by atoms with Crippen molar-refractivity contribution < 1.29 is 14.6 Å². The molecule has 0 fully saturated rings. The van der Waals surface area contributed by atoms with E-state index in [2.05, 4.69) is 0 Å². The SMILES string of the molecule is COc1ccc(N)c(C(C(=O)O)C(C)C(C)C)c1. The molecule has 1 aromatic carbocycles. The number of benzene rings is 1. The van der Waals surface area contributed by atoms with E-state index < -0.39 is 11.9 Å². The van der Waals surface area contributed by atoms with Gasteiger partial charge < -0.3 is 15.6 Å². The van der Waals surface area contributed by atoms with Crippen LogP contribution in [-0.4, -0.2) is 18.2 Å². The zero-order valence-corrected chi connectivity index (χ0v) is 11.3. The second-order valence-electron chi connectivity index (χ2n) is 4.91. The van der Waals surface area contributed by atoms with Gasteiger partial charge in [-0.05, 0) is 35.6 Å². The molecule has 0 aliphatic rings. The van der Waals surface area contributed by atoms with E-state index in [1.54, 1.807) is 25.3 Å². The second kappa shape index (κ2) is 5.76. The first kappa shape index (κ1) is 14.4. The number of nitrogens with two attached hydrogens (primary N) is 1. The van der Waals surface area contributed by atoms with Gasteiger partial charge >= 0.3 is 5.97 Å². The fourth-order valence-electron chi connectivity index (χ4n) is 1.98. The first-order valence-corrected chi connectivity index (χ1v) is 6.04. The van der Waals surface area contributed by atoms with Crippen LogP contribution < -0.4 is 10.5 Å². The maximum Gasteiger partial charge on any atom is 0.311 e. The van der Waals surface area contributed by atoms with Gasteiger partial charge in [0, 0.05) is 5.69 Å². The molecule has 0 aliphatic carbocycles. The second-order valence-corrected chi connectivity index (χ2v) is 4.91. The zero-order valence-electron chi connectivity index (χ0n) is 11.3. The molecule has 4 heteroatoms. The Morgan fingerprint density at radius 3 is 2.39 bits per heavy atom. The molecule has 2 atom stereocenters. The molecule has 0 saturated carbocycles. The van der Waals surface area contributed by atoms with Gasteiger partial charge in [-0.15, -0.1) is 0 Å². The summed E-state index contributed by atoms with van der Waals surface area (Å²) >= 11 is 0. The van der Waals surface area contributed by atoms with E-state index in [0.29, 0.717) is 17.0 Å². The fourth-order valence-corrected chi connectivity index (χ4v) is 1.98. The number of anilines is 1. The van der Waals surface area contributed by atoms with E-state index in [1.165, 1.54) is 0 Å². The van der Waals surface area contributed by atoms with Crippen molar-refractivity contribution in [1.82, 2.24) is 0 Å². The highest BCUT2D eigenvalue weighted by molar-refractivity contribution is 5.79. The first-order valence-electron chi connectivity index (χ1n) is 6.04. The van der Waals surface area contributed by atoms with Crippen LogP contribution in [0.3, 0.4) is 0 Å². The van der Waals surface area contributed by atoms with Crippen LogP contribution in [0.15, 0.2) is 18.2 Å². The smallest absolute Gasteiger partial charge is 0.311 e. The summed E-state index contributed by atoms with van der Waals surface area (Å²) in [4.78, 5) is 11.5. The van der Waals surface area contributed by atoms with Gasteiger partial charge in [0.05, 0.1) is 13.0 Å². The lowest BCUT2D eigenvalue weighted by Gasteiger charge is -2.25. The molecule has 0 radical (unpaired) electrons. The van der Waals surface area contributed by atoms with E-state index in [0.717, 1.165) is 0 Å². The van der Waals surface area contributed by atoms with Gasteiger partial charge in [-0.2, -0.15) is 0 Å². The number of nitrogen functional groups attached to an aromatic ring is 1. The molecule has 0 bridgehead atoms. The highest BCUT2D eigenvalue weighted by atomic mass is 16.5. The van der Waals surface area contributed by atoms with Crippen LogP contribution in [0.1, 0.15) is 32.3 Å². The number of hydrogen-bond acceptors (Lipinski definition) is 3. The molecule has 0 spiro atoms. The Morgan fingerprint density at radius 1 is 1.33 bits per heavy atom. The molecule has 1 rings (SSSR count). The summed E-state index contributed by atoms with van der Waals surface area (Å²) in [7, 11) is 1.55. The minimum Gasteiger partial charge on any atom is -0.497 e. The minimum absolute atomic E-state index is 0.00286. The normalized spacial score (nSPS) is 14.3. The van der Waals surface area contributed by atoms with Gasteiger partial charge in [0.25, 0.3) is 0 Å². The van der Waals surface area contributed by atoms with Crippen LogP contribution in [0.2, 0.25) is 0 Å². The summed E-state index contributed by atoms with van der Waals surface area (Å²) in [5.74, 6) is -0.578. The largest absolute Gasteiger partial charge is 0.497 e. The molecule has 0 amide bonds. The van der Waals surface area contributed by atoms with Crippen LogP contribution in [-0.2, 0) is 4.79 Å². The maximum atomic E-state index is 11.5. The van der Waals surface area contributed by atoms with Crippen molar-refractivity contribution >= 4 is 11.7 Å². The zero-order chi connectivity index (χ0) is 13.9. The van der Waals surface area contributed by atoms with Crippen molar-refractivity contribution in [3.8, 4) is 5.75 Å². The van der Waals surface area contributed by atoms with Crippen molar-refractivity contribution in [2.45, 2.75) is 26.7 Å². The predicted octanol–water partition coefficient (Wildman–Crippen LogP) is 2.74. The van der Waals surface area contributed by atoms with Crippen LogP contribution in [0.4, 0.5) is 5.69 Å². The lowest BCUT2D eigenvalue weighted by Crippen LogP contribution is -2.24. The molecule has 0 saturated heterocycles. The quantitative estimate of drug-likeness (QED) is 0.789. The third-order valence-electron chi connectivity index (χ3n) is 3.47. The predicted molar refractivity (Wildman–Crippen MR) is 71.8 cm³/mol. The van der Waals surface area contributed by atoms with Gasteiger partial charge in [-0.1, -0.05) is 20.8 Å². The number of ether oxygens (including phenoxy) is 1. The van der Waals surface area contributed by atoms with Crippen molar-refractivity contribution in [3.05, 3.63) is 23.8 Å². The molecular formula is C14H21NO3. The topological polar surface area (TPSA) is 72.5 Å². The summed E-state index contributed by atoms with van der Waals surface area (Å²) < 4.78 is 5.13. The van der Waals surface area contributed by atoms with E-state index in [1.807, 2.05) is 20.8 Å². The third-order valence-corrected chi connectivity index (χ3v) is 3.47. The number of carboxylic acids is 1. The molecule has 0 aromatic heterocycles. The Bertz CT molecular complexity index is 429. The summed E-state index contributed by atoms with van der Waals surface area (Å²) in [5.41, 5.74) is 7.03. The molecule has 1 aromatic rings. The van der Waals surface area contributed by atoms with Crippen molar-refractivity contribution in [3.63, 3.8) is 0 Å². The molecule has 0 aliphatic heterocycles. The molecule has 0 heterocycles. The van der Waals surface area contributed by atoms with E-state index >= 15 is 0 Å². The van der Waals surface area contributed by atoms with Crippen LogP contribution >= 0.6 is 0 Å². The van der Waals surface area contributed by atoms with Crippen LogP contribution in [0.5, 0.6) is 5.75 Å². The Hall–Kier alpha value is -1.71. The van der Waals surface area contributed by atoms with Gasteiger partial charge in [0.15, 0.2) is 0 Å². The van der Waals surface area contributed by atoms with E-state index in [9.17, 15) is 9.90 Å². The molecule has 18 heavy (non-hydrogen) atoms. The number of aliphatic carboxylic acids is 1. The average molecular weight is 251 g/mol. The average Bonchev–Trinajstić information content (AvgIpc) is 2.31. The maximum absolute atomic E-state index is 11.5. The van der Waals surface area contributed by atoms with Crippen molar-refractivity contribution in [2.24, 2.45) is 11.8 Å². The molecule has 2 unspecified atom stereocenters. The first-order chi connectivity index (χ1) is 8.38. The standard InChI is InChI=1S/C14H21NO3/c1-8(2)9(3)13(14(16)17)11-7-10(18-4)5-6-12(11)15/h5-9,13H,15H2,1-4H3,(H,16,17). The fraction of sp³-hybridized carbons (Fsp3) is 0.500. The molecule has 4 nitrogen and oxygen atoms in total. The number of methoxy groups -OCH3 is 1. The van der Waals surface area contributed by atoms with Gasteiger partial charge in [0.2, 0.25) is 0 Å². The number of rotatable bonds is 5. The third kappa shape index (κ3) is 2.94.